The monoisotopic (exact) mass is 496 g/mol. The van der Waals surface area contributed by atoms with Gasteiger partial charge in [0, 0.05) is 5.92 Å². The lowest BCUT2D eigenvalue weighted by Gasteiger charge is -2.28. The molecule has 8 heteroatoms. The van der Waals surface area contributed by atoms with E-state index >= 15 is 0 Å². The van der Waals surface area contributed by atoms with Crippen LogP contribution in [-0.4, -0.2) is 41.1 Å². The summed E-state index contributed by atoms with van der Waals surface area (Å²) in [6.45, 7) is 0.101. The Labute approximate surface area is 213 Å². The Bertz CT molecular complexity index is 1360. The van der Waals surface area contributed by atoms with Crippen molar-refractivity contribution >= 4 is 23.9 Å². The molecule has 6 rings (SSSR count). The van der Waals surface area contributed by atoms with Crippen LogP contribution < -0.4 is 5.32 Å². The van der Waals surface area contributed by atoms with Gasteiger partial charge in [0.25, 0.3) is 11.8 Å². The summed E-state index contributed by atoms with van der Waals surface area (Å²) < 4.78 is 5.63. The van der Waals surface area contributed by atoms with E-state index < -0.39 is 29.4 Å². The van der Waals surface area contributed by atoms with Gasteiger partial charge in [-0.15, -0.1) is 0 Å². The number of carbonyl (C=O) groups is 4. The van der Waals surface area contributed by atoms with Gasteiger partial charge in [-0.2, -0.15) is 0 Å². The van der Waals surface area contributed by atoms with Crippen molar-refractivity contribution in [2.24, 2.45) is 0 Å². The number of imide groups is 1. The molecule has 0 saturated heterocycles. The second-order valence-electron chi connectivity index (χ2n) is 9.57. The summed E-state index contributed by atoms with van der Waals surface area (Å²) in [5.74, 6) is -2.39. The lowest BCUT2D eigenvalue weighted by Crippen LogP contribution is -2.55. The maximum atomic E-state index is 13.3. The third-order valence-corrected chi connectivity index (χ3v) is 7.46. The predicted molar refractivity (Wildman–Crippen MR) is 132 cm³/mol. The molecule has 0 radical (unpaired) electrons. The summed E-state index contributed by atoms with van der Waals surface area (Å²) in [5, 5.41) is 3.18. The van der Waals surface area contributed by atoms with Crippen molar-refractivity contribution in [2.45, 2.75) is 37.1 Å². The van der Waals surface area contributed by atoms with Crippen LogP contribution in [0.3, 0.4) is 0 Å². The zero-order valence-electron chi connectivity index (χ0n) is 19.9. The van der Waals surface area contributed by atoms with Crippen LogP contribution in [0.1, 0.15) is 63.4 Å². The predicted octanol–water partition coefficient (Wildman–Crippen LogP) is 4.59. The highest BCUT2D eigenvalue weighted by molar-refractivity contribution is 6.21. The Morgan fingerprint density at radius 3 is 1.81 bits per heavy atom. The van der Waals surface area contributed by atoms with E-state index in [0.717, 1.165) is 22.3 Å². The fraction of sp³-hybridized carbons (Fsp3) is 0.241. The molecule has 2 aliphatic carbocycles. The van der Waals surface area contributed by atoms with Gasteiger partial charge in [0.1, 0.15) is 12.1 Å². The average molecular weight is 497 g/mol. The van der Waals surface area contributed by atoms with Gasteiger partial charge in [-0.05, 0) is 47.2 Å². The van der Waals surface area contributed by atoms with Crippen LogP contribution in [0.15, 0.2) is 72.8 Å². The van der Waals surface area contributed by atoms with Crippen molar-refractivity contribution < 1.29 is 28.8 Å². The maximum Gasteiger partial charge on any atom is 0.408 e. The molecule has 1 heterocycles. The second-order valence-corrected chi connectivity index (χ2v) is 9.57. The topological polar surface area (TPSA) is 102 Å². The quantitative estimate of drug-likeness (QED) is 0.519. The third-order valence-electron chi connectivity index (χ3n) is 7.46. The first-order valence-electron chi connectivity index (χ1n) is 12.3. The standard InChI is InChI=1S/C29H24N2O6/c32-25-22-13-5-6-14-23(22)26(33)31(25)37-27(34)29(15-7-8-16-29)30-28(35)36-17-24-20-11-3-1-9-18(20)19-10-2-4-12-21(19)24/h1-6,9-14,24H,7-8,15-17H2,(H,30,35). The van der Waals surface area contributed by atoms with Crippen LogP contribution in [0.25, 0.3) is 11.1 Å². The molecule has 1 aliphatic heterocycles. The van der Waals surface area contributed by atoms with Gasteiger partial charge in [-0.3, -0.25) is 9.59 Å². The minimum Gasteiger partial charge on any atom is -0.449 e. The minimum atomic E-state index is -1.38. The number of fused-ring (bicyclic) bond motifs is 4. The molecular formula is C29H24N2O6. The molecule has 1 saturated carbocycles. The van der Waals surface area contributed by atoms with Crippen molar-refractivity contribution in [3.05, 3.63) is 95.1 Å². The molecule has 37 heavy (non-hydrogen) atoms. The molecule has 0 bridgehead atoms. The number of rotatable bonds is 5. The number of ether oxygens (including phenoxy) is 1. The number of nitrogens with zero attached hydrogens (tertiary/aromatic N) is 1. The van der Waals surface area contributed by atoms with E-state index in [1.165, 1.54) is 12.1 Å². The molecule has 0 unspecified atom stereocenters. The van der Waals surface area contributed by atoms with E-state index in [9.17, 15) is 19.2 Å². The molecule has 0 atom stereocenters. The summed E-state index contributed by atoms with van der Waals surface area (Å²) in [4.78, 5) is 56.8. The highest BCUT2D eigenvalue weighted by atomic mass is 16.7. The molecule has 186 valence electrons. The molecule has 3 aliphatic rings. The summed E-state index contributed by atoms with van der Waals surface area (Å²) in [7, 11) is 0. The highest BCUT2D eigenvalue weighted by Crippen LogP contribution is 2.44. The number of nitrogens with one attached hydrogen (secondary N) is 1. The second kappa shape index (κ2) is 8.89. The molecule has 0 aromatic heterocycles. The first-order valence-corrected chi connectivity index (χ1v) is 12.3. The number of benzene rings is 3. The summed E-state index contributed by atoms with van der Waals surface area (Å²) in [6, 6.07) is 22.3. The largest absolute Gasteiger partial charge is 0.449 e. The van der Waals surface area contributed by atoms with E-state index in [0.29, 0.717) is 30.7 Å². The lowest BCUT2D eigenvalue weighted by molar-refractivity contribution is -0.176. The smallest absolute Gasteiger partial charge is 0.408 e. The number of amides is 3. The maximum absolute atomic E-state index is 13.3. The number of hydrogen-bond donors (Lipinski definition) is 1. The minimum absolute atomic E-state index is 0.101. The van der Waals surface area contributed by atoms with Crippen LogP contribution in [0.2, 0.25) is 0 Å². The van der Waals surface area contributed by atoms with E-state index in [2.05, 4.69) is 17.4 Å². The zero-order valence-corrected chi connectivity index (χ0v) is 19.9. The molecule has 8 nitrogen and oxygen atoms in total. The molecule has 3 amide bonds. The summed E-state index contributed by atoms with van der Waals surface area (Å²) in [6.07, 6.45) is 1.25. The normalized spacial score (nSPS) is 17.2. The van der Waals surface area contributed by atoms with Crippen LogP contribution >= 0.6 is 0 Å². The van der Waals surface area contributed by atoms with Gasteiger partial charge in [-0.25, -0.2) is 9.59 Å². The number of hydroxylamine groups is 2. The van der Waals surface area contributed by atoms with Crippen LogP contribution in [-0.2, 0) is 14.4 Å². The van der Waals surface area contributed by atoms with Gasteiger partial charge in [0.2, 0.25) is 0 Å². The van der Waals surface area contributed by atoms with Gasteiger partial charge in [-0.1, -0.05) is 78.6 Å². The van der Waals surface area contributed by atoms with Crippen molar-refractivity contribution in [1.82, 2.24) is 10.4 Å². The van der Waals surface area contributed by atoms with Crippen LogP contribution in [0, 0.1) is 0 Å². The van der Waals surface area contributed by atoms with E-state index in [-0.39, 0.29) is 23.7 Å². The Morgan fingerprint density at radius 1 is 0.784 bits per heavy atom. The molecule has 0 spiro atoms. The van der Waals surface area contributed by atoms with Gasteiger partial charge < -0.3 is 14.9 Å². The molecule has 3 aromatic carbocycles. The number of hydrogen-bond acceptors (Lipinski definition) is 6. The van der Waals surface area contributed by atoms with Crippen molar-refractivity contribution in [1.29, 1.82) is 0 Å². The fourth-order valence-corrected chi connectivity index (χ4v) is 5.61. The first-order chi connectivity index (χ1) is 18.0. The van der Waals surface area contributed by atoms with Gasteiger partial charge in [0.15, 0.2) is 0 Å². The van der Waals surface area contributed by atoms with E-state index in [1.54, 1.807) is 12.1 Å². The first kappa shape index (κ1) is 23.0. The van der Waals surface area contributed by atoms with Gasteiger partial charge >= 0.3 is 12.1 Å². The van der Waals surface area contributed by atoms with E-state index in [1.807, 2.05) is 36.4 Å². The Kier molecular flexibility index (Phi) is 5.52. The van der Waals surface area contributed by atoms with E-state index in [4.69, 9.17) is 9.57 Å². The SMILES string of the molecule is O=C(NC1(C(=O)ON2C(=O)c3ccccc3C2=O)CCCC1)OCC1c2ccccc2-c2ccccc21. The van der Waals surface area contributed by atoms with Crippen LogP contribution in [0.4, 0.5) is 4.79 Å². The van der Waals surface area contributed by atoms with Crippen molar-refractivity contribution in [3.63, 3.8) is 0 Å². The Balaban J connectivity index is 1.15. The number of alkyl carbamates (subject to hydrolysis) is 1. The average Bonchev–Trinajstić information content (AvgIpc) is 3.59. The van der Waals surface area contributed by atoms with Crippen LogP contribution in [0.5, 0.6) is 0 Å². The van der Waals surface area contributed by atoms with Crippen molar-refractivity contribution in [2.75, 3.05) is 6.61 Å². The Hall–Kier alpha value is -4.46. The van der Waals surface area contributed by atoms with Gasteiger partial charge in [0.05, 0.1) is 11.1 Å². The fourth-order valence-electron chi connectivity index (χ4n) is 5.61. The summed E-state index contributed by atoms with van der Waals surface area (Å²) >= 11 is 0. The molecule has 1 fully saturated rings. The highest BCUT2D eigenvalue weighted by Gasteiger charge is 2.48. The number of carbonyl (C=O) groups excluding carboxylic acids is 4. The molecule has 1 N–H and O–H groups in total. The summed E-state index contributed by atoms with van der Waals surface area (Å²) in [5.41, 5.74) is 3.36. The van der Waals surface area contributed by atoms with Crippen molar-refractivity contribution in [3.8, 4) is 11.1 Å². The lowest BCUT2D eigenvalue weighted by atomic mass is 9.98. The molecular weight excluding hydrogens is 472 g/mol. The molecule has 3 aromatic rings. The third kappa shape index (κ3) is 3.76. The zero-order chi connectivity index (χ0) is 25.6. The Morgan fingerprint density at radius 2 is 1.27 bits per heavy atom.